The van der Waals surface area contributed by atoms with E-state index in [1.54, 1.807) is 0 Å². The predicted octanol–water partition coefficient (Wildman–Crippen LogP) is 7.98. The van der Waals surface area contributed by atoms with Crippen molar-refractivity contribution in [3.8, 4) is 11.1 Å². The Morgan fingerprint density at radius 3 is 2.17 bits per heavy atom. The highest BCUT2D eigenvalue weighted by Gasteiger charge is 2.12. The predicted molar refractivity (Wildman–Crippen MR) is 154 cm³/mol. The van der Waals surface area contributed by atoms with E-state index in [1.165, 1.54) is 0 Å². The van der Waals surface area contributed by atoms with E-state index < -0.39 is 0 Å². The maximum absolute atomic E-state index is 10.8. The van der Waals surface area contributed by atoms with Crippen molar-refractivity contribution in [3.63, 3.8) is 0 Å². The summed E-state index contributed by atoms with van der Waals surface area (Å²) in [5, 5.41) is 0. The van der Waals surface area contributed by atoms with Crippen molar-refractivity contribution in [3.05, 3.63) is 91.9 Å². The number of aryl methyl sites for hydroxylation is 1. The normalized spacial score (nSPS) is 12.3. The molecule has 0 fully saturated rings. The maximum atomic E-state index is 10.8. The minimum absolute atomic E-state index is 0.529. The molecule has 5 heterocycles. The van der Waals surface area contributed by atoms with Crippen LogP contribution in [0.5, 0.6) is 0 Å². The molecule has 2 N–H and O–H groups in total. The van der Waals surface area contributed by atoms with Crippen molar-refractivity contribution in [1.29, 1.82) is 0 Å². The van der Waals surface area contributed by atoms with Crippen LogP contribution in [0.1, 0.15) is 34.8 Å². The first-order chi connectivity index (χ1) is 17.6. The van der Waals surface area contributed by atoms with Crippen molar-refractivity contribution in [2.45, 2.75) is 12.8 Å². The van der Waals surface area contributed by atoms with Crippen LogP contribution in [-0.2, 0) is 11.2 Å². The molecule has 0 atom stereocenters. The van der Waals surface area contributed by atoms with E-state index in [1.807, 2.05) is 48.6 Å². The molecule has 0 radical (unpaired) electrons. The number of rotatable bonds is 4. The lowest BCUT2D eigenvalue weighted by Gasteiger charge is -2.03. The Labute approximate surface area is 224 Å². The summed E-state index contributed by atoms with van der Waals surface area (Å²) >= 11 is 7.54. The molecule has 0 amide bonds. The lowest BCUT2D eigenvalue weighted by molar-refractivity contribution is -0.107. The summed E-state index contributed by atoms with van der Waals surface area (Å²) < 4.78 is 1.79. The van der Waals surface area contributed by atoms with Crippen molar-refractivity contribution in [1.82, 2.24) is 19.9 Å². The summed E-state index contributed by atoms with van der Waals surface area (Å²) in [6.07, 6.45) is 10.3. The van der Waals surface area contributed by atoms with Gasteiger partial charge in [0.15, 0.2) is 0 Å². The van der Waals surface area contributed by atoms with Crippen LogP contribution in [0.2, 0.25) is 0 Å². The molecular weight excluding hydrogens is 580 g/mol. The molecular formula is C29H20Br2N4O. The fourth-order valence-electron chi connectivity index (χ4n) is 4.40. The van der Waals surface area contributed by atoms with Crippen LogP contribution in [0, 0.1) is 0 Å². The monoisotopic (exact) mass is 598 g/mol. The zero-order valence-electron chi connectivity index (χ0n) is 19.1. The van der Waals surface area contributed by atoms with E-state index in [2.05, 4.69) is 72.2 Å². The second-order valence-corrected chi connectivity index (χ2v) is 10.3. The van der Waals surface area contributed by atoms with E-state index in [-0.39, 0.29) is 0 Å². The van der Waals surface area contributed by atoms with E-state index in [4.69, 9.17) is 9.97 Å². The summed E-state index contributed by atoms with van der Waals surface area (Å²) in [5.41, 5.74) is 10.5. The van der Waals surface area contributed by atoms with Crippen LogP contribution in [0.15, 0.2) is 63.5 Å². The molecule has 0 aliphatic carbocycles. The number of carbonyl (C=O) groups is 1. The van der Waals surface area contributed by atoms with Crippen LogP contribution < -0.4 is 0 Å². The molecule has 0 saturated heterocycles. The number of fused-ring (bicyclic) bond motifs is 8. The second kappa shape index (κ2) is 9.48. The summed E-state index contributed by atoms with van der Waals surface area (Å²) in [4.78, 5) is 27.4. The van der Waals surface area contributed by atoms with Crippen LogP contribution in [-0.4, -0.2) is 26.2 Å². The van der Waals surface area contributed by atoms with Gasteiger partial charge in [0.05, 0.1) is 42.8 Å². The Balaban J connectivity index is 1.62. The molecule has 8 bridgehead atoms. The van der Waals surface area contributed by atoms with Gasteiger partial charge >= 0.3 is 0 Å². The van der Waals surface area contributed by atoms with E-state index in [0.29, 0.717) is 6.42 Å². The molecule has 3 aromatic heterocycles. The maximum Gasteiger partial charge on any atom is 0.120 e. The lowest BCUT2D eigenvalue weighted by atomic mass is 10.0. The SMILES string of the molecule is O=CCCc1ccc(-c2cc3cc4nc(c(Br)c5ccc(cc6nc(c(Br)c2[nH]3)C=C6)[nH]5)C=C4)cc1. The molecule has 5 nitrogen and oxygen atoms in total. The van der Waals surface area contributed by atoms with Gasteiger partial charge in [-0.3, -0.25) is 0 Å². The molecule has 0 spiro atoms. The number of nitrogens with zero attached hydrogens (tertiary/aromatic N) is 2. The largest absolute Gasteiger partial charge is 0.354 e. The van der Waals surface area contributed by atoms with E-state index in [9.17, 15) is 4.79 Å². The number of nitrogens with one attached hydrogen (secondary N) is 2. The van der Waals surface area contributed by atoms with Crippen LogP contribution in [0.4, 0.5) is 0 Å². The number of hydrogen-bond donors (Lipinski definition) is 2. The molecule has 2 aliphatic rings. The van der Waals surface area contributed by atoms with Gasteiger partial charge in [-0.2, -0.15) is 0 Å². The number of carbonyl (C=O) groups excluding carboxylic acids is 1. The lowest BCUT2D eigenvalue weighted by Crippen LogP contribution is -1.86. The quantitative estimate of drug-likeness (QED) is 0.202. The molecule has 0 unspecified atom stereocenters. The van der Waals surface area contributed by atoms with Gasteiger partial charge in [0.1, 0.15) is 6.29 Å². The first-order valence-corrected chi connectivity index (χ1v) is 13.1. The van der Waals surface area contributed by atoms with Crippen LogP contribution >= 0.6 is 31.9 Å². The number of H-pyrrole nitrogens is 2. The first-order valence-electron chi connectivity index (χ1n) is 11.6. The van der Waals surface area contributed by atoms with Gasteiger partial charge < -0.3 is 14.8 Å². The number of aromatic amines is 2. The van der Waals surface area contributed by atoms with Crippen molar-refractivity contribution in [2.24, 2.45) is 0 Å². The fraction of sp³-hybridized carbons (Fsp3) is 0.0690. The first kappa shape index (κ1) is 22.9. The van der Waals surface area contributed by atoms with Crippen molar-refractivity contribution in [2.75, 3.05) is 0 Å². The van der Waals surface area contributed by atoms with Gasteiger partial charge in [0, 0.05) is 23.0 Å². The Morgan fingerprint density at radius 1 is 0.750 bits per heavy atom. The molecule has 6 rings (SSSR count). The summed E-state index contributed by atoms with van der Waals surface area (Å²) in [6, 6.07) is 18.6. The Morgan fingerprint density at radius 2 is 1.44 bits per heavy atom. The van der Waals surface area contributed by atoms with Gasteiger partial charge in [-0.05, 0) is 104 Å². The molecule has 2 aliphatic heterocycles. The number of halogens is 2. The Hall–Kier alpha value is -3.55. The van der Waals surface area contributed by atoms with Crippen molar-refractivity contribution >= 4 is 84.5 Å². The molecule has 1 aromatic carbocycles. The molecule has 0 saturated carbocycles. The number of benzene rings is 1. The minimum Gasteiger partial charge on any atom is -0.354 e. The highest BCUT2D eigenvalue weighted by atomic mass is 79.9. The van der Waals surface area contributed by atoms with Gasteiger partial charge in [-0.1, -0.05) is 24.3 Å². The minimum atomic E-state index is 0.529. The third kappa shape index (κ3) is 4.40. The topological polar surface area (TPSA) is 74.4 Å². The standard InChI is InChI=1S/C29H20Br2N4O/c30-27-24-10-7-19(32-24)14-20-9-12-26(34-20)28(31)29-23(18-5-3-17(4-6-18)2-1-13-36)16-22(35-29)15-21-8-11-25(27)33-21/h3-16,32,35H,1-2H2. The highest BCUT2D eigenvalue weighted by Crippen LogP contribution is 2.34. The van der Waals surface area contributed by atoms with Crippen LogP contribution in [0.25, 0.3) is 57.5 Å². The number of aromatic nitrogens is 4. The third-order valence-electron chi connectivity index (χ3n) is 6.20. The summed E-state index contributed by atoms with van der Waals surface area (Å²) in [7, 11) is 0. The average Bonchev–Trinajstić information content (AvgIpc) is 3.69. The zero-order chi connectivity index (χ0) is 24.6. The Bertz CT molecular complexity index is 1730. The highest BCUT2D eigenvalue weighted by molar-refractivity contribution is 9.11. The van der Waals surface area contributed by atoms with E-state index >= 15 is 0 Å². The van der Waals surface area contributed by atoms with Gasteiger partial charge in [0.2, 0.25) is 0 Å². The summed E-state index contributed by atoms with van der Waals surface area (Å²) in [5.74, 6) is 0. The summed E-state index contributed by atoms with van der Waals surface area (Å²) in [6.45, 7) is 0. The fourth-order valence-corrected chi connectivity index (χ4v) is 5.39. The molecule has 36 heavy (non-hydrogen) atoms. The molecule has 4 aromatic rings. The van der Waals surface area contributed by atoms with Gasteiger partial charge in [-0.15, -0.1) is 0 Å². The number of hydrogen-bond acceptors (Lipinski definition) is 3. The van der Waals surface area contributed by atoms with Crippen molar-refractivity contribution < 1.29 is 4.79 Å². The third-order valence-corrected chi connectivity index (χ3v) is 7.83. The second-order valence-electron chi connectivity index (χ2n) is 8.67. The van der Waals surface area contributed by atoms with Gasteiger partial charge in [0.25, 0.3) is 0 Å². The smallest absolute Gasteiger partial charge is 0.120 e. The molecule has 7 heteroatoms. The van der Waals surface area contributed by atoms with E-state index in [0.717, 1.165) is 83.2 Å². The zero-order valence-corrected chi connectivity index (χ0v) is 22.2. The van der Waals surface area contributed by atoms with Crippen LogP contribution in [0.3, 0.4) is 0 Å². The van der Waals surface area contributed by atoms with Gasteiger partial charge in [-0.25, -0.2) is 9.97 Å². The molecule has 176 valence electrons. The number of aldehydes is 1. The Kier molecular flexibility index (Phi) is 6.03. The average molecular weight is 600 g/mol.